The van der Waals surface area contributed by atoms with Gasteiger partial charge in [-0.05, 0) is 41.8 Å². The first-order valence-electron chi connectivity index (χ1n) is 6.19. The Morgan fingerprint density at radius 3 is 1.73 bits per heavy atom. The second kappa shape index (κ2) is 5.55. The van der Waals surface area contributed by atoms with Crippen molar-refractivity contribution >= 4 is 5.69 Å². The maximum Gasteiger partial charge on any atom is 0.416 e. The van der Waals surface area contributed by atoms with Gasteiger partial charge in [0.15, 0.2) is 0 Å². The van der Waals surface area contributed by atoms with Gasteiger partial charge in [0.05, 0.1) is 11.1 Å². The predicted molar refractivity (Wildman–Crippen MR) is 70.1 cm³/mol. The second-order valence-electron chi connectivity index (χ2n) is 4.79. The monoisotopic (exact) mass is 319 g/mol. The third kappa shape index (κ3) is 3.72. The normalized spacial score (nSPS) is 12.5. The number of nitrogens with two attached hydrogens (primary N) is 1. The highest BCUT2D eigenvalue weighted by Gasteiger charge is 2.36. The van der Waals surface area contributed by atoms with Gasteiger partial charge in [0.1, 0.15) is 0 Å². The van der Waals surface area contributed by atoms with E-state index in [9.17, 15) is 26.3 Å². The number of halogens is 6. The molecule has 0 spiro atoms. The van der Waals surface area contributed by atoms with Crippen LogP contribution in [0.3, 0.4) is 0 Å². The van der Waals surface area contributed by atoms with E-state index in [4.69, 9.17) is 5.73 Å². The molecular formula is C15H11F6N. The average molecular weight is 319 g/mol. The summed E-state index contributed by atoms with van der Waals surface area (Å²) in [6, 6.07) is 7.87. The van der Waals surface area contributed by atoms with Crippen LogP contribution in [0.4, 0.5) is 32.0 Å². The summed E-state index contributed by atoms with van der Waals surface area (Å²) in [6.45, 7) is 0. The number of para-hydroxylation sites is 1. The quantitative estimate of drug-likeness (QED) is 0.618. The van der Waals surface area contributed by atoms with Crippen LogP contribution < -0.4 is 5.73 Å². The number of anilines is 1. The Kier molecular flexibility index (Phi) is 4.08. The lowest BCUT2D eigenvalue weighted by Gasteiger charge is -2.14. The molecule has 0 amide bonds. The van der Waals surface area contributed by atoms with Crippen molar-refractivity contribution in [3.63, 3.8) is 0 Å². The minimum atomic E-state index is -4.85. The third-order valence-electron chi connectivity index (χ3n) is 3.10. The van der Waals surface area contributed by atoms with Crippen molar-refractivity contribution in [2.75, 3.05) is 5.73 Å². The maximum absolute atomic E-state index is 12.8. The molecule has 0 radical (unpaired) electrons. The summed E-state index contributed by atoms with van der Waals surface area (Å²) in [7, 11) is 0. The summed E-state index contributed by atoms with van der Waals surface area (Å²) in [6.07, 6.45) is -9.81. The summed E-state index contributed by atoms with van der Waals surface area (Å²) in [5.41, 5.74) is 3.70. The molecule has 0 unspecified atom stereocenters. The van der Waals surface area contributed by atoms with Crippen molar-refractivity contribution in [2.24, 2.45) is 0 Å². The van der Waals surface area contributed by atoms with E-state index in [1.165, 1.54) is 6.07 Å². The van der Waals surface area contributed by atoms with Crippen molar-refractivity contribution in [3.8, 4) is 0 Å². The molecule has 7 heteroatoms. The highest BCUT2D eigenvalue weighted by Crippen LogP contribution is 2.36. The van der Waals surface area contributed by atoms with Gasteiger partial charge in [-0.25, -0.2) is 0 Å². The number of rotatable bonds is 2. The molecular weight excluding hydrogens is 308 g/mol. The van der Waals surface area contributed by atoms with Crippen molar-refractivity contribution < 1.29 is 26.3 Å². The van der Waals surface area contributed by atoms with E-state index < -0.39 is 23.5 Å². The van der Waals surface area contributed by atoms with Gasteiger partial charge in [-0.1, -0.05) is 18.2 Å². The zero-order chi connectivity index (χ0) is 16.5. The first-order chi connectivity index (χ1) is 10.1. The Labute approximate surface area is 122 Å². The van der Waals surface area contributed by atoms with Crippen LogP contribution >= 0.6 is 0 Å². The number of nitrogen functional groups attached to an aromatic ring is 1. The molecule has 0 aliphatic rings. The Morgan fingerprint density at radius 2 is 1.27 bits per heavy atom. The van der Waals surface area contributed by atoms with E-state index in [0.717, 1.165) is 0 Å². The van der Waals surface area contributed by atoms with Gasteiger partial charge in [0, 0.05) is 5.69 Å². The molecule has 0 bridgehead atoms. The molecule has 0 atom stereocenters. The number of hydrogen-bond acceptors (Lipinski definition) is 1. The molecule has 22 heavy (non-hydrogen) atoms. The van der Waals surface area contributed by atoms with E-state index >= 15 is 0 Å². The minimum Gasteiger partial charge on any atom is -0.398 e. The first-order valence-corrected chi connectivity index (χ1v) is 6.19. The van der Waals surface area contributed by atoms with E-state index in [0.29, 0.717) is 23.4 Å². The van der Waals surface area contributed by atoms with Crippen LogP contribution in [-0.2, 0) is 18.8 Å². The molecule has 0 fully saturated rings. The summed E-state index contributed by atoms with van der Waals surface area (Å²) in [5.74, 6) is 0. The summed E-state index contributed by atoms with van der Waals surface area (Å²) in [5, 5.41) is 0. The molecule has 118 valence electrons. The maximum atomic E-state index is 12.8. The molecule has 0 heterocycles. The van der Waals surface area contributed by atoms with Gasteiger partial charge >= 0.3 is 12.4 Å². The lowest BCUT2D eigenvalue weighted by atomic mass is 9.98. The summed E-state index contributed by atoms with van der Waals surface area (Å²) < 4.78 is 76.6. The van der Waals surface area contributed by atoms with E-state index in [1.54, 1.807) is 18.2 Å². The van der Waals surface area contributed by atoms with Crippen LogP contribution in [0.15, 0.2) is 42.5 Å². The van der Waals surface area contributed by atoms with Crippen molar-refractivity contribution in [1.29, 1.82) is 0 Å². The van der Waals surface area contributed by atoms with Crippen molar-refractivity contribution in [3.05, 3.63) is 64.7 Å². The SMILES string of the molecule is Nc1ccccc1Cc1cc(C(F)(F)F)cc(C(F)(F)F)c1. The number of alkyl halides is 6. The van der Waals surface area contributed by atoms with Crippen LogP contribution in [0.2, 0.25) is 0 Å². The molecule has 2 rings (SSSR count). The van der Waals surface area contributed by atoms with E-state index in [1.807, 2.05) is 0 Å². The highest BCUT2D eigenvalue weighted by molar-refractivity contribution is 5.49. The average Bonchev–Trinajstić information content (AvgIpc) is 2.39. The topological polar surface area (TPSA) is 26.0 Å². The Morgan fingerprint density at radius 1 is 0.773 bits per heavy atom. The molecule has 0 aliphatic carbocycles. The molecule has 2 aromatic carbocycles. The molecule has 0 saturated carbocycles. The Balaban J connectivity index is 2.49. The number of benzene rings is 2. The molecule has 1 nitrogen and oxygen atoms in total. The fraction of sp³-hybridized carbons (Fsp3) is 0.200. The minimum absolute atomic E-state index is 0.0972. The Bertz CT molecular complexity index is 640. The fourth-order valence-electron chi connectivity index (χ4n) is 2.04. The highest BCUT2D eigenvalue weighted by atomic mass is 19.4. The molecule has 0 aromatic heterocycles. The largest absolute Gasteiger partial charge is 0.416 e. The fourth-order valence-corrected chi connectivity index (χ4v) is 2.04. The lowest BCUT2D eigenvalue weighted by molar-refractivity contribution is -0.143. The van der Waals surface area contributed by atoms with Crippen LogP contribution in [0.25, 0.3) is 0 Å². The van der Waals surface area contributed by atoms with E-state index in [2.05, 4.69) is 0 Å². The van der Waals surface area contributed by atoms with Crippen LogP contribution in [0.5, 0.6) is 0 Å². The summed E-state index contributed by atoms with van der Waals surface area (Å²) >= 11 is 0. The second-order valence-corrected chi connectivity index (χ2v) is 4.79. The molecule has 2 N–H and O–H groups in total. The molecule has 2 aromatic rings. The van der Waals surface area contributed by atoms with Crippen LogP contribution in [-0.4, -0.2) is 0 Å². The predicted octanol–water partition coefficient (Wildman–Crippen LogP) is 4.90. The van der Waals surface area contributed by atoms with Crippen molar-refractivity contribution in [2.45, 2.75) is 18.8 Å². The van der Waals surface area contributed by atoms with E-state index in [-0.39, 0.29) is 18.1 Å². The lowest BCUT2D eigenvalue weighted by Crippen LogP contribution is -2.12. The standard InChI is InChI=1S/C15H11F6N/c16-14(17,18)11-6-9(7-12(8-11)15(19,20)21)5-10-3-1-2-4-13(10)22/h1-4,6-8H,5,22H2. The van der Waals surface area contributed by atoms with Gasteiger partial charge in [-0.2, -0.15) is 26.3 Å². The van der Waals surface area contributed by atoms with Crippen LogP contribution in [0, 0.1) is 0 Å². The van der Waals surface area contributed by atoms with Gasteiger partial charge in [-0.3, -0.25) is 0 Å². The zero-order valence-corrected chi connectivity index (χ0v) is 11.1. The van der Waals surface area contributed by atoms with Crippen LogP contribution in [0.1, 0.15) is 22.3 Å². The van der Waals surface area contributed by atoms with Gasteiger partial charge in [-0.15, -0.1) is 0 Å². The van der Waals surface area contributed by atoms with Gasteiger partial charge in [0.2, 0.25) is 0 Å². The van der Waals surface area contributed by atoms with Gasteiger partial charge in [0.25, 0.3) is 0 Å². The molecule has 0 aliphatic heterocycles. The van der Waals surface area contributed by atoms with Crippen molar-refractivity contribution in [1.82, 2.24) is 0 Å². The Hall–Kier alpha value is -2.18. The first kappa shape index (κ1) is 16.2. The number of hydrogen-bond donors (Lipinski definition) is 1. The zero-order valence-electron chi connectivity index (χ0n) is 11.1. The molecule has 0 saturated heterocycles. The summed E-state index contributed by atoms with van der Waals surface area (Å²) in [4.78, 5) is 0. The smallest absolute Gasteiger partial charge is 0.398 e. The van der Waals surface area contributed by atoms with Gasteiger partial charge < -0.3 is 5.73 Å². The third-order valence-corrected chi connectivity index (χ3v) is 3.10.